The van der Waals surface area contributed by atoms with Gasteiger partial charge < -0.3 is 4.74 Å². The molecule has 0 saturated carbocycles. The summed E-state index contributed by atoms with van der Waals surface area (Å²) in [6.07, 6.45) is -5.47. The van der Waals surface area contributed by atoms with Crippen molar-refractivity contribution < 1.29 is 27.6 Å². The molecule has 0 radical (unpaired) electrons. The number of nitro benzene ring substituents is 1. The van der Waals surface area contributed by atoms with Gasteiger partial charge in [0.05, 0.1) is 22.2 Å². The monoisotopic (exact) mass is 277 g/mol. The molecule has 0 heterocycles. The van der Waals surface area contributed by atoms with Gasteiger partial charge in [0.15, 0.2) is 0 Å². The van der Waals surface area contributed by atoms with Crippen LogP contribution in [-0.2, 0) is 10.9 Å². The molecule has 1 aromatic carbocycles. The van der Waals surface area contributed by atoms with Crippen LogP contribution in [0.5, 0.6) is 0 Å². The smallest absolute Gasteiger partial charge is 0.417 e. The van der Waals surface area contributed by atoms with Gasteiger partial charge in [0, 0.05) is 12.1 Å². The molecule has 0 aliphatic heterocycles. The number of non-ortho nitro benzene ring substituents is 1. The molecule has 0 aliphatic carbocycles. The fourth-order valence-electron chi connectivity index (χ4n) is 1.34. The molecule has 0 spiro atoms. The van der Waals surface area contributed by atoms with Crippen LogP contribution in [0, 0.1) is 10.1 Å². The lowest BCUT2D eigenvalue weighted by Gasteiger charge is -2.13. The minimum absolute atomic E-state index is 0.316. The second-order valence-electron chi connectivity index (χ2n) is 3.94. The van der Waals surface area contributed by atoms with Gasteiger partial charge in [0.2, 0.25) is 0 Å². The number of halogens is 3. The van der Waals surface area contributed by atoms with Crippen LogP contribution in [-0.4, -0.2) is 17.0 Å². The largest absolute Gasteiger partial charge is 0.459 e. The average Bonchev–Trinajstić information content (AvgIpc) is 2.25. The molecular formula is C11H10F3NO4. The molecule has 0 fully saturated rings. The topological polar surface area (TPSA) is 69.4 Å². The average molecular weight is 277 g/mol. The second-order valence-corrected chi connectivity index (χ2v) is 3.94. The molecule has 0 amide bonds. The van der Waals surface area contributed by atoms with E-state index in [4.69, 9.17) is 0 Å². The van der Waals surface area contributed by atoms with Crippen LogP contribution in [0.3, 0.4) is 0 Å². The number of alkyl halides is 3. The number of nitrogens with zero attached hydrogens (tertiary/aromatic N) is 1. The van der Waals surface area contributed by atoms with Crippen molar-refractivity contribution in [2.75, 3.05) is 0 Å². The molecule has 0 bridgehead atoms. The van der Waals surface area contributed by atoms with E-state index in [9.17, 15) is 28.1 Å². The summed E-state index contributed by atoms with van der Waals surface area (Å²) in [5.41, 5.74) is -2.87. The Labute approximate surface area is 106 Å². The second kappa shape index (κ2) is 5.25. The Balaban J connectivity index is 3.32. The summed E-state index contributed by atoms with van der Waals surface area (Å²) in [5.74, 6) is -1.17. The van der Waals surface area contributed by atoms with Crippen molar-refractivity contribution in [2.24, 2.45) is 0 Å². The molecule has 104 valence electrons. The summed E-state index contributed by atoms with van der Waals surface area (Å²) in [6.45, 7) is 2.97. The summed E-state index contributed by atoms with van der Waals surface area (Å²) in [7, 11) is 0. The van der Waals surface area contributed by atoms with E-state index >= 15 is 0 Å². The summed E-state index contributed by atoms with van der Waals surface area (Å²) < 4.78 is 42.9. The van der Waals surface area contributed by atoms with E-state index in [1.54, 1.807) is 0 Å². The Bertz CT molecular complexity index is 511. The van der Waals surface area contributed by atoms with Crippen molar-refractivity contribution in [3.05, 3.63) is 39.4 Å². The van der Waals surface area contributed by atoms with Gasteiger partial charge in [-0.15, -0.1) is 0 Å². The number of ether oxygens (including phenoxy) is 1. The maximum Gasteiger partial charge on any atom is 0.417 e. The lowest BCUT2D eigenvalue weighted by Crippen LogP contribution is -2.18. The van der Waals surface area contributed by atoms with Crippen LogP contribution in [0.2, 0.25) is 0 Å². The number of nitro groups is 1. The van der Waals surface area contributed by atoms with Crippen molar-refractivity contribution in [1.82, 2.24) is 0 Å². The van der Waals surface area contributed by atoms with Gasteiger partial charge in [-0.05, 0) is 19.9 Å². The SMILES string of the molecule is CC(C)OC(=O)c1ccc([N+](=O)[O-])cc1C(F)(F)F. The van der Waals surface area contributed by atoms with Crippen molar-refractivity contribution >= 4 is 11.7 Å². The molecule has 0 aromatic heterocycles. The highest BCUT2D eigenvalue weighted by molar-refractivity contribution is 5.91. The maximum atomic E-state index is 12.8. The number of hydrogen-bond acceptors (Lipinski definition) is 4. The number of carbonyl (C=O) groups excluding carboxylic acids is 1. The first-order valence-corrected chi connectivity index (χ1v) is 5.19. The van der Waals surface area contributed by atoms with E-state index in [0.29, 0.717) is 6.07 Å². The summed E-state index contributed by atoms with van der Waals surface area (Å²) >= 11 is 0. The number of carbonyl (C=O) groups is 1. The Morgan fingerprint density at radius 3 is 2.37 bits per heavy atom. The quantitative estimate of drug-likeness (QED) is 0.483. The summed E-state index contributed by atoms with van der Waals surface area (Å²) in [6, 6.07) is 1.88. The Morgan fingerprint density at radius 1 is 1.37 bits per heavy atom. The lowest BCUT2D eigenvalue weighted by atomic mass is 10.1. The summed E-state index contributed by atoms with van der Waals surface area (Å²) in [5, 5.41) is 10.5. The van der Waals surface area contributed by atoms with E-state index in [-0.39, 0.29) is 0 Å². The standard InChI is InChI=1S/C11H10F3NO4/c1-6(2)19-10(16)8-4-3-7(15(17)18)5-9(8)11(12,13)14/h3-6H,1-2H3. The highest BCUT2D eigenvalue weighted by atomic mass is 19.4. The zero-order valence-corrected chi connectivity index (χ0v) is 10.0. The normalized spacial score (nSPS) is 11.5. The maximum absolute atomic E-state index is 12.8. The predicted molar refractivity (Wildman–Crippen MR) is 58.6 cm³/mol. The van der Waals surface area contributed by atoms with Gasteiger partial charge in [-0.3, -0.25) is 10.1 Å². The van der Waals surface area contributed by atoms with E-state index < -0.39 is 40.0 Å². The first kappa shape index (κ1) is 14.9. The van der Waals surface area contributed by atoms with Crippen LogP contribution in [0.1, 0.15) is 29.8 Å². The Hall–Kier alpha value is -2.12. The van der Waals surface area contributed by atoms with Gasteiger partial charge in [0.25, 0.3) is 5.69 Å². The first-order chi connectivity index (χ1) is 8.62. The molecule has 0 unspecified atom stereocenters. The Kier molecular flexibility index (Phi) is 4.13. The molecule has 1 aromatic rings. The molecule has 5 nitrogen and oxygen atoms in total. The highest BCUT2D eigenvalue weighted by Crippen LogP contribution is 2.34. The van der Waals surface area contributed by atoms with E-state index in [1.165, 1.54) is 13.8 Å². The molecule has 19 heavy (non-hydrogen) atoms. The third-order valence-corrected chi connectivity index (χ3v) is 2.08. The zero-order chi connectivity index (χ0) is 14.8. The van der Waals surface area contributed by atoms with Crippen molar-refractivity contribution in [3.63, 3.8) is 0 Å². The lowest BCUT2D eigenvalue weighted by molar-refractivity contribution is -0.385. The number of rotatable bonds is 3. The van der Waals surface area contributed by atoms with E-state index in [2.05, 4.69) is 4.74 Å². The van der Waals surface area contributed by atoms with Crippen LogP contribution < -0.4 is 0 Å². The van der Waals surface area contributed by atoms with Crippen LogP contribution in [0.25, 0.3) is 0 Å². The third-order valence-electron chi connectivity index (χ3n) is 2.08. The molecule has 0 aliphatic rings. The first-order valence-electron chi connectivity index (χ1n) is 5.19. The predicted octanol–water partition coefficient (Wildman–Crippen LogP) is 3.18. The van der Waals surface area contributed by atoms with Gasteiger partial charge in [-0.25, -0.2) is 4.79 Å². The highest BCUT2D eigenvalue weighted by Gasteiger charge is 2.37. The summed E-state index contributed by atoms with van der Waals surface area (Å²) in [4.78, 5) is 21.0. The van der Waals surface area contributed by atoms with Gasteiger partial charge in [-0.2, -0.15) is 13.2 Å². The van der Waals surface area contributed by atoms with Gasteiger partial charge >= 0.3 is 12.1 Å². The van der Waals surface area contributed by atoms with Crippen LogP contribution in [0.4, 0.5) is 18.9 Å². The van der Waals surface area contributed by atoms with Crippen molar-refractivity contribution in [1.29, 1.82) is 0 Å². The molecular weight excluding hydrogens is 267 g/mol. The molecule has 0 atom stereocenters. The Morgan fingerprint density at radius 2 is 1.95 bits per heavy atom. The molecule has 8 heteroatoms. The third kappa shape index (κ3) is 3.67. The van der Waals surface area contributed by atoms with Gasteiger partial charge in [0.1, 0.15) is 0 Å². The number of benzene rings is 1. The molecule has 0 N–H and O–H groups in total. The molecule has 0 saturated heterocycles. The zero-order valence-electron chi connectivity index (χ0n) is 10.0. The van der Waals surface area contributed by atoms with E-state index in [1.807, 2.05) is 0 Å². The van der Waals surface area contributed by atoms with Crippen LogP contribution >= 0.6 is 0 Å². The number of hydrogen-bond donors (Lipinski definition) is 0. The van der Waals surface area contributed by atoms with Gasteiger partial charge in [-0.1, -0.05) is 0 Å². The van der Waals surface area contributed by atoms with Crippen molar-refractivity contribution in [2.45, 2.75) is 26.1 Å². The van der Waals surface area contributed by atoms with Crippen LogP contribution in [0.15, 0.2) is 18.2 Å². The molecule has 1 rings (SSSR count). The minimum atomic E-state index is -4.88. The van der Waals surface area contributed by atoms with Crippen molar-refractivity contribution in [3.8, 4) is 0 Å². The number of esters is 1. The fraction of sp³-hybridized carbons (Fsp3) is 0.364. The van der Waals surface area contributed by atoms with E-state index in [0.717, 1.165) is 12.1 Å². The minimum Gasteiger partial charge on any atom is -0.459 e. The fourth-order valence-corrected chi connectivity index (χ4v) is 1.34.